The van der Waals surface area contributed by atoms with Crippen molar-refractivity contribution in [1.82, 2.24) is 9.88 Å². The van der Waals surface area contributed by atoms with E-state index in [1.165, 1.54) is 10.9 Å². The fourth-order valence-electron chi connectivity index (χ4n) is 1.99. The number of carbonyl (C=O) groups excluding carboxylic acids is 1. The molecule has 0 aliphatic carbocycles. The molecule has 1 amide bonds. The fraction of sp³-hybridized carbons (Fsp3) is 0.308. The van der Waals surface area contributed by atoms with Crippen LogP contribution in [-0.4, -0.2) is 35.9 Å². The third-order valence-corrected chi connectivity index (χ3v) is 2.86. The number of aromatic amines is 1. The SMILES string of the molecule is CN(CCc1c[nH]c2ccccc12)CC(N)=O. The molecule has 1 aromatic carbocycles. The minimum atomic E-state index is -0.286. The Kier molecular flexibility index (Phi) is 3.44. The smallest absolute Gasteiger partial charge is 0.231 e. The van der Waals surface area contributed by atoms with Gasteiger partial charge in [0, 0.05) is 23.6 Å². The van der Waals surface area contributed by atoms with Crippen molar-refractivity contribution in [3.8, 4) is 0 Å². The second-order valence-electron chi connectivity index (χ2n) is 4.31. The third-order valence-electron chi connectivity index (χ3n) is 2.86. The van der Waals surface area contributed by atoms with Gasteiger partial charge in [0.15, 0.2) is 0 Å². The number of nitrogens with one attached hydrogen (secondary N) is 1. The monoisotopic (exact) mass is 231 g/mol. The third kappa shape index (κ3) is 2.85. The number of para-hydroxylation sites is 1. The zero-order valence-electron chi connectivity index (χ0n) is 9.94. The molecule has 1 heterocycles. The molecular weight excluding hydrogens is 214 g/mol. The molecule has 0 spiro atoms. The van der Waals surface area contributed by atoms with Gasteiger partial charge in [-0.15, -0.1) is 0 Å². The van der Waals surface area contributed by atoms with Crippen LogP contribution in [0.5, 0.6) is 0 Å². The van der Waals surface area contributed by atoms with Crippen molar-refractivity contribution in [3.63, 3.8) is 0 Å². The molecule has 0 atom stereocenters. The summed E-state index contributed by atoms with van der Waals surface area (Å²) < 4.78 is 0. The standard InChI is InChI=1S/C13H17N3O/c1-16(9-13(14)17)7-6-10-8-15-12-5-3-2-4-11(10)12/h2-5,8,15H,6-7,9H2,1H3,(H2,14,17). The number of nitrogens with zero attached hydrogens (tertiary/aromatic N) is 1. The number of likely N-dealkylation sites (N-methyl/N-ethyl adjacent to an activating group) is 1. The molecule has 1 aromatic heterocycles. The molecule has 0 bridgehead atoms. The van der Waals surface area contributed by atoms with Crippen molar-refractivity contribution < 1.29 is 4.79 Å². The summed E-state index contributed by atoms with van der Waals surface area (Å²) in [6, 6.07) is 8.22. The largest absolute Gasteiger partial charge is 0.369 e. The molecule has 0 aliphatic heterocycles. The minimum Gasteiger partial charge on any atom is -0.369 e. The molecule has 0 unspecified atom stereocenters. The zero-order chi connectivity index (χ0) is 12.3. The van der Waals surface area contributed by atoms with Crippen LogP contribution in [-0.2, 0) is 11.2 Å². The van der Waals surface area contributed by atoms with E-state index in [0.717, 1.165) is 18.5 Å². The van der Waals surface area contributed by atoms with E-state index in [9.17, 15) is 4.79 Å². The highest BCUT2D eigenvalue weighted by molar-refractivity contribution is 5.83. The van der Waals surface area contributed by atoms with Gasteiger partial charge < -0.3 is 10.7 Å². The summed E-state index contributed by atoms with van der Waals surface area (Å²) in [5.74, 6) is -0.286. The lowest BCUT2D eigenvalue weighted by Crippen LogP contribution is -2.32. The number of aromatic nitrogens is 1. The van der Waals surface area contributed by atoms with Gasteiger partial charge in [0.1, 0.15) is 0 Å². The molecule has 2 aromatic rings. The van der Waals surface area contributed by atoms with Crippen LogP contribution in [0.15, 0.2) is 30.5 Å². The van der Waals surface area contributed by atoms with Crippen LogP contribution in [0.4, 0.5) is 0 Å². The van der Waals surface area contributed by atoms with Crippen LogP contribution in [0.1, 0.15) is 5.56 Å². The summed E-state index contributed by atoms with van der Waals surface area (Å²) in [6.07, 6.45) is 2.94. The number of carbonyl (C=O) groups is 1. The van der Waals surface area contributed by atoms with Crippen LogP contribution in [0, 0.1) is 0 Å². The van der Waals surface area contributed by atoms with E-state index in [4.69, 9.17) is 5.73 Å². The summed E-state index contributed by atoms with van der Waals surface area (Å²) in [5.41, 5.74) is 7.57. The van der Waals surface area contributed by atoms with Crippen molar-refractivity contribution >= 4 is 16.8 Å². The summed E-state index contributed by atoms with van der Waals surface area (Å²) in [6.45, 7) is 1.13. The lowest BCUT2D eigenvalue weighted by molar-refractivity contribution is -0.118. The van der Waals surface area contributed by atoms with Gasteiger partial charge in [0.25, 0.3) is 0 Å². The summed E-state index contributed by atoms with van der Waals surface area (Å²) in [7, 11) is 1.90. The number of fused-ring (bicyclic) bond motifs is 1. The predicted octanol–water partition coefficient (Wildman–Crippen LogP) is 1.13. The van der Waals surface area contributed by atoms with Gasteiger partial charge in [-0.1, -0.05) is 18.2 Å². The Labute approximate surface area is 100 Å². The predicted molar refractivity (Wildman–Crippen MR) is 68.7 cm³/mol. The first-order valence-electron chi connectivity index (χ1n) is 5.68. The number of primary amides is 1. The Balaban J connectivity index is 2.02. The zero-order valence-corrected chi connectivity index (χ0v) is 9.94. The maximum Gasteiger partial charge on any atom is 0.231 e. The highest BCUT2D eigenvalue weighted by Gasteiger charge is 2.06. The number of nitrogens with two attached hydrogens (primary N) is 1. The molecule has 0 aliphatic rings. The second-order valence-corrected chi connectivity index (χ2v) is 4.31. The van der Waals surface area contributed by atoms with Crippen LogP contribution >= 0.6 is 0 Å². The fourth-order valence-corrected chi connectivity index (χ4v) is 1.99. The Morgan fingerprint density at radius 3 is 2.94 bits per heavy atom. The number of benzene rings is 1. The van der Waals surface area contributed by atoms with E-state index in [1.54, 1.807) is 0 Å². The Morgan fingerprint density at radius 1 is 1.41 bits per heavy atom. The van der Waals surface area contributed by atoms with Crippen LogP contribution in [0.3, 0.4) is 0 Å². The topological polar surface area (TPSA) is 62.1 Å². The van der Waals surface area contributed by atoms with Crippen LogP contribution in [0.25, 0.3) is 10.9 Å². The maximum absolute atomic E-state index is 10.8. The number of amides is 1. The van der Waals surface area contributed by atoms with E-state index >= 15 is 0 Å². The molecule has 17 heavy (non-hydrogen) atoms. The first kappa shape index (κ1) is 11.7. The van der Waals surface area contributed by atoms with Gasteiger partial charge in [-0.3, -0.25) is 9.69 Å². The van der Waals surface area contributed by atoms with Gasteiger partial charge >= 0.3 is 0 Å². The highest BCUT2D eigenvalue weighted by atomic mass is 16.1. The van der Waals surface area contributed by atoms with E-state index in [0.29, 0.717) is 6.54 Å². The summed E-state index contributed by atoms with van der Waals surface area (Å²) >= 11 is 0. The maximum atomic E-state index is 10.8. The molecular formula is C13H17N3O. The second kappa shape index (κ2) is 5.01. The lowest BCUT2D eigenvalue weighted by Gasteiger charge is -2.13. The minimum absolute atomic E-state index is 0.286. The first-order chi connectivity index (χ1) is 8.16. The average molecular weight is 231 g/mol. The number of hydrogen-bond acceptors (Lipinski definition) is 2. The molecule has 4 nitrogen and oxygen atoms in total. The highest BCUT2D eigenvalue weighted by Crippen LogP contribution is 2.17. The number of hydrogen-bond donors (Lipinski definition) is 2. The number of rotatable bonds is 5. The van der Waals surface area contributed by atoms with Crippen LogP contribution < -0.4 is 5.73 Å². The lowest BCUT2D eigenvalue weighted by atomic mass is 10.1. The molecule has 4 heteroatoms. The Morgan fingerprint density at radius 2 is 2.18 bits per heavy atom. The first-order valence-corrected chi connectivity index (χ1v) is 5.68. The molecule has 3 N–H and O–H groups in total. The normalized spacial score (nSPS) is 11.2. The molecule has 90 valence electrons. The van der Waals surface area contributed by atoms with E-state index in [-0.39, 0.29) is 5.91 Å². The Hall–Kier alpha value is -1.81. The molecule has 2 rings (SSSR count). The van der Waals surface area contributed by atoms with E-state index < -0.39 is 0 Å². The quantitative estimate of drug-likeness (QED) is 0.810. The van der Waals surface area contributed by atoms with Gasteiger partial charge in [0.2, 0.25) is 5.91 Å². The van der Waals surface area contributed by atoms with E-state index in [1.807, 2.05) is 30.3 Å². The summed E-state index contributed by atoms with van der Waals surface area (Å²) in [4.78, 5) is 15.9. The van der Waals surface area contributed by atoms with E-state index in [2.05, 4.69) is 17.1 Å². The Bertz CT molecular complexity index is 518. The van der Waals surface area contributed by atoms with Gasteiger partial charge in [-0.05, 0) is 25.1 Å². The molecule has 0 saturated carbocycles. The average Bonchev–Trinajstić information content (AvgIpc) is 2.69. The molecule has 0 fully saturated rings. The van der Waals surface area contributed by atoms with Gasteiger partial charge in [0.05, 0.1) is 6.54 Å². The van der Waals surface area contributed by atoms with Crippen LogP contribution in [0.2, 0.25) is 0 Å². The molecule has 0 radical (unpaired) electrons. The van der Waals surface area contributed by atoms with Crippen molar-refractivity contribution in [3.05, 3.63) is 36.0 Å². The van der Waals surface area contributed by atoms with Crippen molar-refractivity contribution in [2.45, 2.75) is 6.42 Å². The van der Waals surface area contributed by atoms with Crippen molar-refractivity contribution in [1.29, 1.82) is 0 Å². The number of H-pyrrole nitrogens is 1. The van der Waals surface area contributed by atoms with Gasteiger partial charge in [-0.2, -0.15) is 0 Å². The van der Waals surface area contributed by atoms with Crippen molar-refractivity contribution in [2.75, 3.05) is 20.1 Å². The molecule has 0 saturated heterocycles. The summed E-state index contributed by atoms with van der Waals surface area (Å²) in [5, 5.41) is 1.25. The van der Waals surface area contributed by atoms with Gasteiger partial charge in [-0.25, -0.2) is 0 Å². The van der Waals surface area contributed by atoms with Crippen molar-refractivity contribution in [2.24, 2.45) is 5.73 Å².